The largest absolute Gasteiger partial charge is 0.385 e. The Balaban J connectivity index is 1.82. The SMILES string of the molecule is COCCC[C@H]1CCCC2=Cc3oncc3C[C@@]21C. The molecular formula is C16H23NO2. The molecule has 0 radical (unpaired) electrons. The fourth-order valence-electron chi connectivity index (χ4n) is 3.91. The lowest BCUT2D eigenvalue weighted by Gasteiger charge is -2.45. The fourth-order valence-corrected chi connectivity index (χ4v) is 3.91. The lowest BCUT2D eigenvalue weighted by atomic mass is 9.59. The highest BCUT2D eigenvalue weighted by Gasteiger charge is 2.42. The maximum Gasteiger partial charge on any atom is 0.162 e. The van der Waals surface area contributed by atoms with E-state index in [0.717, 1.165) is 24.7 Å². The highest BCUT2D eigenvalue weighted by atomic mass is 16.5. The van der Waals surface area contributed by atoms with Crippen LogP contribution in [0.15, 0.2) is 16.3 Å². The van der Waals surface area contributed by atoms with Crippen molar-refractivity contribution in [1.82, 2.24) is 5.16 Å². The van der Waals surface area contributed by atoms with Crippen LogP contribution in [0.25, 0.3) is 6.08 Å². The van der Waals surface area contributed by atoms with Crippen LogP contribution >= 0.6 is 0 Å². The van der Waals surface area contributed by atoms with E-state index in [2.05, 4.69) is 18.2 Å². The van der Waals surface area contributed by atoms with Gasteiger partial charge in [0.15, 0.2) is 5.76 Å². The summed E-state index contributed by atoms with van der Waals surface area (Å²) in [5.41, 5.74) is 3.17. The van der Waals surface area contributed by atoms with E-state index in [1.54, 1.807) is 12.7 Å². The summed E-state index contributed by atoms with van der Waals surface area (Å²) in [7, 11) is 1.79. The van der Waals surface area contributed by atoms with E-state index >= 15 is 0 Å². The van der Waals surface area contributed by atoms with Gasteiger partial charge in [-0.1, -0.05) is 17.7 Å². The van der Waals surface area contributed by atoms with Gasteiger partial charge in [-0.05, 0) is 55.9 Å². The summed E-state index contributed by atoms with van der Waals surface area (Å²) in [6, 6.07) is 0. The van der Waals surface area contributed by atoms with Crippen LogP contribution in [-0.2, 0) is 11.2 Å². The molecule has 0 unspecified atom stereocenters. The number of allylic oxidation sites excluding steroid dienone is 1. The second-order valence-corrected chi connectivity index (χ2v) is 6.20. The summed E-state index contributed by atoms with van der Waals surface area (Å²) < 4.78 is 10.5. The highest BCUT2D eigenvalue weighted by molar-refractivity contribution is 5.57. The Morgan fingerprint density at radius 1 is 1.53 bits per heavy atom. The van der Waals surface area contributed by atoms with Crippen LogP contribution in [0.5, 0.6) is 0 Å². The molecule has 3 rings (SSSR count). The van der Waals surface area contributed by atoms with Crippen LogP contribution in [0.2, 0.25) is 0 Å². The second-order valence-electron chi connectivity index (χ2n) is 6.20. The summed E-state index contributed by atoms with van der Waals surface area (Å²) >= 11 is 0. The molecule has 104 valence electrons. The fraction of sp³-hybridized carbons (Fsp3) is 0.688. The van der Waals surface area contributed by atoms with E-state index < -0.39 is 0 Å². The minimum atomic E-state index is 0.310. The van der Waals surface area contributed by atoms with Crippen molar-refractivity contribution in [3.8, 4) is 0 Å². The molecule has 1 aromatic rings. The van der Waals surface area contributed by atoms with Crippen LogP contribution in [0.1, 0.15) is 50.4 Å². The zero-order chi connectivity index (χ0) is 13.3. The number of hydrogen-bond donors (Lipinski definition) is 0. The van der Waals surface area contributed by atoms with Crippen molar-refractivity contribution in [3.63, 3.8) is 0 Å². The molecule has 19 heavy (non-hydrogen) atoms. The summed E-state index contributed by atoms with van der Waals surface area (Å²) in [6.07, 6.45) is 11.6. The molecule has 1 fully saturated rings. The number of ether oxygens (including phenoxy) is 1. The monoisotopic (exact) mass is 261 g/mol. The Morgan fingerprint density at radius 2 is 2.42 bits per heavy atom. The smallest absolute Gasteiger partial charge is 0.162 e. The van der Waals surface area contributed by atoms with Gasteiger partial charge < -0.3 is 9.26 Å². The molecule has 2 aliphatic rings. The van der Waals surface area contributed by atoms with Gasteiger partial charge in [0.2, 0.25) is 0 Å². The standard InChI is InChI=1S/C16H23NO2/c1-16-10-12-11-17-19-15(12)9-14(16)6-3-5-13(16)7-4-8-18-2/h9,11,13H,3-8,10H2,1-2H3/t13-,16-/m1/s1. The van der Waals surface area contributed by atoms with Gasteiger partial charge in [-0.15, -0.1) is 0 Å². The first-order chi connectivity index (χ1) is 9.24. The minimum absolute atomic E-state index is 0.310. The topological polar surface area (TPSA) is 35.3 Å². The van der Waals surface area contributed by atoms with Crippen molar-refractivity contribution < 1.29 is 9.26 Å². The van der Waals surface area contributed by atoms with Crippen molar-refractivity contribution in [3.05, 3.63) is 23.1 Å². The summed E-state index contributed by atoms with van der Waals surface area (Å²) in [5.74, 6) is 1.76. The molecule has 3 nitrogen and oxygen atoms in total. The average molecular weight is 261 g/mol. The normalized spacial score (nSPS) is 29.6. The van der Waals surface area contributed by atoms with Crippen LogP contribution in [-0.4, -0.2) is 18.9 Å². The molecule has 1 aromatic heterocycles. The molecule has 0 N–H and O–H groups in total. The van der Waals surface area contributed by atoms with Gasteiger partial charge in [0, 0.05) is 19.3 Å². The molecule has 2 atom stereocenters. The third kappa shape index (κ3) is 2.25. The second kappa shape index (κ2) is 5.12. The predicted octanol–water partition coefficient (Wildman–Crippen LogP) is 3.85. The van der Waals surface area contributed by atoms with Gasteiger partial charge in [-0.3, -0.25) is 0 Å². The molecule has 3 heteroatoms. The molecule has 0 aromatic carbocycles. The van der Waals surface area contributed by atoms with E-state index in [1.165, 1.54) is 37.7 Å². The van der Waals surface area contributed by atoms with Crippen LogP contribution in [0, 0.1) is 11.3 Å². The van der Waals surface area contributed by atoms with Crippen molar-refractivity contribution in [2.45, 2.75) is 45.4 Å². The van der Waals surface area contributed by atoms with Crippen LogP contribution in [0.3, 0.4) is 0 Å². The van der Waals surface area contributed by atoms with E-state index in [1.807, 2.05) is 6.20 Å². The van der Waals surface area contributed by atoms with Gasteiger partial charge in [-0.25, -0.2) is 0 Å². The van der Waals surface area contributed by atoms with Gasteiger partial charge in [0.05, 0.1) is 6.20 Å². The zero-order valence-corrected chi connectivity index (χ0v) is 11.9. The van der Waals surface area contributed by atoms with Crippen LogP contribution in [0.4, 0.5) is 0 Å². The molecule has 0 bridgehead atoms. The first-order valence-electron chi connectivity index (χ1n) is 7.37. The number of methoxy groups -OCH3 is 1. The zero-order valence-electron chi connectivity index (χ0n) is 11.9. The molecule has 2 aliphatic carbocycles. The van der Waals surface area contributed by atoms with E-state index in [4.69, 9.17) is 9.26 Å². The quantitative estimate of drug-likeness (QED) is 0.772. The maximum atomic E-state index is 5.34. The molecule has 0 amide bonds. The first-order valence-corrected chi connectivity index (χ1v) is 7.37. The van der Waals surface area contributed by atoms with Crippen molar-refractivity contribution in [1.29, 1.82) is 0 Å². The van der Waals surface area contributed by atoms with Gasteiger partial charge in [0.1, 0.15) is 0 Å². The van der Waals surface area contributed by atoms with Crippen molar-refractivity contribution in [2.24, 2.45) is 11.3 Å². The Kier molecular flexibility index (Phi) is 3.48. The molecular weight excluding hydrogens is 238 g/mol. The first kappa shape index (κ1) is 12.9. The van der Waals surface area contributed by atoms with E-state index in [-0.39, 0.29) is 0 Å². The average Bonchev–Trinajstić information content (AvgIpc) is 2.83. The van der Waals surface area contributed by atoms with Crippen molar-refractivity contribution in [2.75, 3.05) is 13.7 Å². The van der Waals surface area contributed by atoms with Crippen LogP contribution < -0.4 is 0 Å². The van der Waals surface area contributed by atoms with Gasteiger partial charge in [0.25, 0.3) is 0 Å². The van der Waals surface area contributed by atoms with E-state index in [0.29, 0.717) is 5.41 Å². The Hall–Kier alpha value is -1.09. The Morgan fingerprint density at radius 3 is 3.26 bits per heavy atom. The summed E-state index contributed by atoms with van der Waals surface area (Å²) in [5, 5.41) is 3.95. The lowest BCUT2D eigenvalue weighted by molar-refractivity contribution is 0.138. The highest BCUT2D eigenvalue weighted by Crippen LogP contribution is 2.52. The van der Waals surface area contributed by atoms with Gasteiger partial charge in [-0.2, -0.15) is 0 Å². The predicted molar refractivity (Wildman–Crippen MR) is 74.7 cm³/mol. The van der Waals surface area contributed by atoms with Gasteiger partial charge >= 0.3 is 0 Å². The molecule has 0 spiro atoms. The number of hydrogen-bond acceptors (Lipinski definition) is 3. The molecule has 1 heterocycles. The number of rotatable bonds is 4. The summed E-state index contributed by atoms with van der Waals surface area (Å²) in [6.45, 7) is 3.32. The maximum absolute atomic E-state index is 5.34. The molecule has 1 saturated carbocycles. The molecule has 0 aliphatic heterocycles. The number of aromatic nitrogens is 1. The third-order valence-corrected chi connectivity index (χ3v) is 5.07. The lowest BCUT2D eigenvalue weighted by Crippen LogP contribution is -2.37. The number of nitrogens with zero attached hydrogens (tertiary/aromatic N) is 1. The number of fused-ring (bicyclic) bond motifs is 2. The van der Waals surface area contributed by atoms with E-state index in [9.17, 15) is 0 Å². The third-order valence-electron chi connectivity index (χ3n) is 5.07. The summed E-state index contributed by atoms with van der Waals surface area (Å²) in [4.78, 5) is 0. The van der Waals surface area contributed by atoms with Crippen molar-refractivity contribution >= 4 is 6.08 Å². The minimum Gasteiger partial charge on any atom is -0.385 e. The Labute approximate surface area is 115 Å². The molecule has 0 saturated heterocycles. The Bertz CT molecular complexity index is 477.